The number of hydrazine groups is 1. The number of rotatable bonds is 7. The van der Waals surface area contributed by atoms with E-state index in [9.17, 15) is 8.42 Å². The van der Waals surface area contributed by atoms with E-state index >= 15 is 0 Å². The van der Waals surface area contributed by atoms with Crippen LogP contribution in [0.15, 0.2) is 0 Å². The van der Waals surface area contributed by atoms with Crippen LogP contribution in [0.25, 0.3) is 0 Å². The first-order valence-corrected chi connectivity index (χ1v) is 7.64. The lowest BCUT2D eigenvalue weighted by atomic mass is 10.0. The predicted molar refractivity (Wildman–Crippen MR) is 63.6 cm³/mol. The molecule has 0 amide bonds. The smallest absolute Gasteiger partial charge is 0.150 e. The summed E-state index contributed by atoms with van der Waals surface area (Å²) in [5.74, 6) is 6.28. The van der Waals surface area contributed by atoms with E-state index in [1.165, 1.54) is 0 Å². The fourth-order valence-electron chi connectivity index (χ4n) is 2.01. The zero-order chi connectivity index (χ0) is 12.0. The van der Waals surface area contributed by atoms with Crippen molar-refractivity contribution in [3.05, 3.63) is 0 Å². The van der Waals surface area contributed by atoms with Crippen molar-refractivity contribution >= 4 is 9.84 Å². The number of ether oxygens (including phenoxy) is 1. The molecule has 1 heterocycles. The van der Waals surface area contributed by atoms with Gasteiger partial charge in [-0.1, -0.05) is 6.92 Å². The van der Waals surface area contributed by atoms with Gasteiger partial charge in [0.15, 0.2) is 9.84 Å². The minimum Gasteiger partial charge on any atom is -0.380 e. The molecule has 0 aromatic carbocycles. The molecule has 6 heteroatoms. The Kier molecular flexibility index (Phi) is 5.68. The highest BCUT2D eigenvalue weighted by Crippen LogP contribution is 2.22. The third-order valence-corrected chi connectivity index (χ3v) is 4.68. The summed E-state index contributed by atoms with van der Waals surface area (Å²) in [6, 6.07) is 0.0600. The molecule has 1 saturated heterocycles. The van der Waals surface area contributed by atoms with E-state index in [-0.39, 0.29) is 12.0 Å². The molecule has 0 aliphatic carbocycles. The first-order chi connectivity index (χ1) is 7.57. The van der Waals surface area contributed by atoms with Crippen LogP contribution in [0.3, 0.4) is 0 Å². The summed E-state index contributed by atoms with van der Waals surface area (Å²) in [4.78, 5) is 0. The molecule has 1 aliphatic rings. The van der Waals surface area contributed by atoms with Crippen molar-refractivity contribution in [3.8, 4) is 0 Å². The van der Waals surface area contributed by atoms with Gasteiger partial charge in [-0.25, -0.2) is 8.42 Å². The number of nitrogens with two attached hydrogens (primary N) is 1. The number of hydrogen-bond acceptors (Lipinski definition) is 5. The minimum absolute atomic E-state index is 0.0600. The molecule has 5 nitrogen and oxygen atoms in total. The molecule has 96 valence electrons. The molecule has 1 fully saturated rings. The maximum Gasteiger partial charge on any atom is 0.150 e. The van der Waals surface area contributed by atoms with Crippen LogP contribution in [0.4, 0.5) is 0 Å². The van der Waals surface area contributed by atoms with E-state index in [1.807, 2.05) is 0 Å². The normalized spacial score (nSPS) is 25.8. The molecule has 0 spiro atoms. The highest BCUT2D eigenvalue weighted by atomic mass is 32.2. The third kappa shape index (κ3) is 4.78. The SMILES string of the molecule is CCCOCC(CC1CCS(=O)(=O)C1)NN. The highest BCUT2D eigenvalue weighted by Gasteiger charge is 2.29. The Morgan fingerprint density at radius 1 is 1.56 bits per heavy atom. The Hall–Kier alpha value is -0.170. The Morgan fingerprint density at radius 2 is 2.31 bits per heavy atom. The highest BCUT2D eigenvalue weighted by molar-refractivity contribution is 7.91. The van der Waals surface area contributed by atoms with Gasteiger partial charge >= 0.3 is 0 Å². The van der Waals surface area contributed by atoms with Crippen molar-refractivity contribution in [2.24, 2.45) is 11.8 Å². The van der Waals surface area contributed by atoms with Crippen molar-refractivity contribution in [1.82, 2.24) is 5.43 Å². The van der Waals surface area contributed by atoms with Gasteiger partial charge in [-0.2, -0.15) is 0 Å². The van der Waals surface area contributed by atoms with Crippen molar-refractivity contribution in [2.45, 2.75) is 32.2 Å². The fraction of sp³-hybridized carbons (Fsp3) is 1.00. The van der Waals surface area contributed by atoms with E-state index < -0.39 is 9.84 Å². The molecular weight excluding hydrogens is 228 g/mol. The summed E-state index contributed by atoms with van der Waals surface area (Å²) >= 11 is 0. The zero-order valence-electron chi connectivity index (χ0n) is 9.81. The number of nitrogens with one attached hydrogen (secondary N) is 1. The largest absolute Gasteiger partial charge is 0.380 e. The van der Waals surface area contributed by atoms with Gasteiger partial charge in [-0.05, 0) is 25.2 Å². The van der Waals surface area contributed by atoms with Gasteiger partial charge in [-0.3, -0.25) is 11.3 Å². The molecule has 0 bridgehead atoms. The molecule has 16 heavy (non-hydrogen) atoms. The van der Waals surface area contributed by atoms with Crippen LogP contribution >= 0.6 is 0 Å². The van der Waals surface area contributed by atoms with Gasteiger partial charge in [0.2, 0.25) is 0 Å². The van der Waals surface area contributed by atoms with Crippen LogP contribution in [0.1, 0.15) is 26.2 Å². The van der Waals surface area contributed by atoms with Crippen LogP contribution in [-0.2, 0) is 14.6 Å². The van der Waals surface area contributed by atoms with Gasteiger partial charge in [0.05, 0.1) is 18.1 Å². The molecular formula is C10H22N2O3S. The van der Waals surface area contributed by atoms with Gasteiger partial charge in [0, 0.05) is 12.6 Å². The molecule has 1 rings (SSSR count). The summed E-state index contributed by atoms with van der Waals surface area (Å²) in [6.07, 6.45) is 2.52. The van der Waals surface area contributed by atoms with E-state index in [0.717, 1.165) is 25.9 Å². The molecule has 0 aromatic heterocycles. The first kappa shape index (κ1) is 13.9. The average Bonchev–Trinajstić information content (AvgIpc) is 2.57. The van der Waals surface area contributed by atoms with E-state index in [0.29, 0.717) is 18.1 Å². The second-order valence-corrected chi connectivity index (χ2v) is 6.67. The van der Waals surface area contributed by atoms with Crippen LogP contribution in [0.5, 0.6) is 0 Å². The second-order valence-electron chi connectivity index (χ2n) is 4.44. The van der Waals surface area contributed by atoms with Crippen molar-refractivity contribution in [2.75, 3.05) is 24.7 Å². The van der Waals surface area contributed by atoms with Crippen LogP contribution in [0.2, 0.25) is 0 Å². The summed E-state index contributed by atoms with van der Waals surface area (Å²) in [5.41, 5.74) is 2.70. The first-order valence-electron chi connectivity index (χ1n) is 5.81. The fourth-order valence-corrected chi connectivity index (χ4v) is 3.89. The maximum absolute atomic E-state index is 11.3. The summed E-state index contributed by atoms with van der Waals surface area (Å²) in [6.45, 7) is 3.33. The van der Waals surface area contributed by atoms with E-state index in [2.05, 4.69) is 12.3 Å². The summed E-state index contributed by atoms with van der Waals surface area (Å²) in [5, 5.41) is 0. The van der Waals surface area contributed by atoms with Gasteiger partial charge in [0.25, 0.3) is 0 Å². The maximum atomic E-state index is 11.3. The minimum atomic E-state index is -2.78. The standard InChI is InChI=1S/C10H22N2O3S/c1-2-4-15-7-10(12-11)6-9-3-5-16(13,14)8-9/h9-10,12H,2-8,11H2,1H3. The molecule has 2 unspecified atom stereocenters. The van der Waals surface area contributed by atoms with Crippen molar-refractivity contribution in [3.63, 3.8) is 0 Å². The van der Waals surface area contributed by atoms with Crippen molar-refractivity contribution < 1.29 is 13.2 Å². The lowest BCUT2D eigenvalue weighted by Crippen LogP contribution is -2.40. The molecule has 2 atom stereocenters. The predicted octanol–water partition coefficient (Wildman–Crippen LogP) is 0.0697. The summed E-state index contributed by atoms with van der Waals surface area (Å²) < 4.78 is 28.0. The summed E-state index contributed by atoms with van der Waals surface area (Å²) in [7, 11) is -2.78. The van der Waals surface area contributed by atoms with Gasteiger partial charge in [0.1, 0.15) is 0 Å². The second kappa shape index (κ2) is 6.54. The van der Waals surface area contributed by atoms with Crippen LogP contribution in [-0.4, -0.2) is 39.2 Å². The monoisotopic (exact) mass is 250 g/mol. The van der Waals surface area contributed by atoms with Crippen molar-refractivity contribution in [1.29, 1.82) is 0 Å². The molecule has 3 N–H and O–H groups in total. The average molecular weight is 250 g/mol. The van der Waals surface area contributed by atoms with E-state index in [1.54, 1.807) is 0 Å². The van der Waals surface area contributed by atoms with Gasteiger partial charge in [-0.15, -0.1) is 0 Å². The quantitative estimate of drug-likeness (QED) is 0.380. The Balaban J connectivity index is 2.28. The van der Waals surface area contributed by atoms with Crippen LogP contribution < -0.4 is 11.3 Å². The molecule has 1 aliphatic heterocycles. The van der Waals surface area contributed by atoms with E-state index in [4.69, 9.17) is 10.6 Å². The number of sulfone groups is 1. The topological polar surface area (TPSA) is 81.4 Å². The molecule has 0 aromatic rings. The Morgan fingerprint density at radius 3 is 2.81 bits per heavy atom. The lowest BCUT2D eigenvalue weighted by Gasteiger charge is -2.18. The Labute approximate surface area is 97.6 Å². The zero-order valence-corrected chi connectivity index (χ0v) is 10.6. The lowest BCUT2D eigenvalue weighted by molar-refractivity contribution is 0.105. The van der Waals surface area contributed by atoms with Gasteiger partial charge < -0.3 is 4.74 Å². The number of hydrogen-bond donors (Lipinski definition) is 2. The van der Waals surface area contributed by atoms with Crippen LogP contribution in [0, 0.1) is 5.92 Å². The Bertz CT molecular complexity index is 292. The third-order valence-electron chi connectivity index (χ3n) is 2.85. The molecule has 0 radical (unpaired) electrons. The molecule has 0 saturated carbocycles.